The van der Waals surface area contributed by atoms with Gasteiger partial charge >= 0.3 is 0 Å². The molecule has 4 aliphatic carbocycles. The summed E-state index contributed by atoms with van der Waals surface area (Å²) < 4.78 is 6.49. The van der Waals surface area contributed by atoms with Crippen LogP contribution in [0.25, 0.3) is 77.6 Å². The van der Waals surface area contributed by atoms with E-state index in [0.717, 1.165) is 50.4 Å². The zero-order valence-corrected chi connectivity index (χ0v) is 60.3. The van der Waals surface area contributed by atoms with E-state index in [4.69, 9.17) is 4.42 Å². The second-order valence-corrected chi connectivity index (χ2v) is 30.1. The van der Waals surface area contributed by atoms with Crippen LogP contribution in [0, 0.1) is 0 Å². The Bertz CT molecular complexity index is 6250. The smallest absolute Gasteiger partial charge is 0.137 e. The number of hydrogen-bond acceptors (Lipinski definition) is 3. The molecule has 508 valence electrons. The van der Waals surface area contributed by atoms with Gasteiger partial charge < -0.3 is 14.2 Å². The first-order valence-corrected chi connectivity index (χ1v) is 37.5. The van der Waals surface area contributed by atoms with Gasteiger partial charge in [0.2, 0.25) is 0 Å². The molecule has 21 rings (SSSR count). The lowest BCUT2D eigenvalue weighted by Gasteiger charge is -2.35. The quantitative estimate of drug-likeness (QED) is 0.129. The summed E-state index contributed by atoms with van der Waals surface area (Å²) in [7, 11) is 0. The number of fused-ring (bicyclic) bond motifs is 15. The molecule has 3 heteroatoms. The van der Waals surface area contributed by atoms with Gasteiger partial charge in [0, 0.05) is 44.5 Å². The van der Waals surface area contributed by atoms with Crippen LogP contribution in [0.5, 0.6) is 0 Å². The average Bonchev–Trinajstić information content (AvgIpc) is 1.54. The van der Waals surface area contributed by atoms with Crippen molar-refractivity contribution < 1.29 is 4.42 Å². The van der Waals surface area contributed by atoms with Crippen molar-refractivity contribution >= 4 is 56.1 Å². The predicted octanol–water partition coefficient (Wildman–Crippen LogP) is 27.2. The summed E-state index contributed by atoms with van der Waals surface area (Å²) in [5.74, 6) is 0. The van der Waals surface area contributed by atoms with Gasteiger partial charge in [0.15, 0.2) is 0 Å². The Kier molecular flexibility index (Phi) is 14.7. The van der Waals surface area contributed by atoms with Crippen molar-refractivity contribution in [2.75, 3.05) is 9.80 Å². The fourth-order valence-corrected chi connectivity index (χ4v) is 19.2. The molecule has 0 amide bonds. The Labute approximate surface area is 626 Å². The van der Waals surface area contributed by atoms with Crippen LogP contribution in [0.4, 0.5) is 34.1 Å². The zero-order chi connectivity index (χ0) is 71.6. The molecule has 0 N–H and O–H groups in total. The molecule has 0 fully saturated rings. The third-order valence-electron chi connectivity index (χ3n) is 23.9. The van der Waals surface area contributed by atoms with E-state index in [2.05, 4.69) is 420 Å². The van der Waals surface area contributed by atoms with Crippen LogP contribution in [-0.2, 0) is 21.7 Å². The molecule has 0 spiro atoms. The lowest BCUT2D eigenvalue weighted by Crippen LogP contribution is -2.28. The second-order valence-electron chi connectivity index (χ2n) is 30.1. The molecule has 4 aliphatic rings. The highest BCUT2D eigenvalue weighted by Crippen LogP contribution is 2.61. The molecule has 0 saturated heterocycles. The molecule has 0 unspecified atom stereocenters. The van der Waals surface area contributed by atoms with Crippen molar-refractivity contribution in [1.82, 2.24) is 0 Å². The molecule has 0 aliphatic heterocycles. The predicted molar refractivity (Wildman–Crippen MR) is 445 cm³/mol. The Morgan fingerprint density at radius 2 is 0.579 bits per heavy atom. The van der Waals surface area contributed by atoms with E-state index in [9.17, 15) is 0 Å². The molecule has 16 aromatic carbocycles. The first-order valence-electron chi connectivity index (χ1n) is 37.5. The number of para-hydroxylation sites is 1. The minimum Gasteiger partial charge on any atom is -0.456 e. The summed E-state index contributed by atoms with van der Waals surface area (Å²) in [6.07, 6.45) is 0. The molecule has 1 aromatic heterocycles. The molecule has 0 bridgehead atoms. The topological polar surface area (TPSA) is 19.6 Å². The van der Waals surface area contributed by atoms with Crippen molar-refractivity contribution in [3.63, 3.8) is 0 Å². The van der Waals surface area contributed by atoms with Gasteiger partial charge in [0.05, 0.1) is 27.6 Å². The third kappa shape index (κ3) is 9.60. The summed E-state index contributed by atoms with van der Waals surface area (Å²) >= 11 is 0. The number of benzene rings is 16. The summed E-state index contributed by atoms with van der Waals surface area (Å²) in [6, 6.07) is 143. The second kappa shape index (κ2) is 24.8. The van der Waals surface area contributed by atoms with Gasteiger partial charge in [-0.1, -0.05) is 343 Å². The van der Waals surface area contributed by atoms with Crippen LogP contribution in [-0.4, -0.2) is 0 Å². The molecular formula is C104H76N2O. The van der Waals surface area contributed by atoms with E-state index in [1.165, 1.54) is 128 Å². The number of rotatable bonds is 11. The van der Waals surface area contributed by atoms with E-state index in [1.807, 2.05) is 6.07 Å². The zero-order valence-electron chi connectivity index (χ0n) is 60.3. The summed E-state index contributed by atoms with van der Waals surface area (Å²) in [5, 5.41) is 2.22. The first-order chi connectivity index (χ1) is 52.6. The van der Waals surface area contributed by atoms with Crippen molar-refractivity contribution in [3.05, 3.63) is 455 Å². The molecule has 3 nitrogen and oxygen atoms in total. The third-order valence-corrected chi connectivity index (χ3v) is 23.9. The van der Waals surface area contributed by atoms with Crippen LogP contribution < -0.4 is 9.80 Å². The van der Waals surface area contributed by atoms with Gasteiger partial charge in [-0.2, -0.15) is 0 Å². The van der Waals surface area contributed by atoms with Gasteiger partial charge in [-0.15, -0.1) is 0 Å². The number of anilines is 6. The minimum atomic E-state index is -0.508. The molecule has 0 radical (unpaired) electrons. The summed E-state index contributed by atoms with van der Waals surface area (Å²) in [4.78, 5) is 4.94. The van der Waals surface area contributed by atoms with Gasteiger partial charge in [-0.3, -0.25) is 0 Å². The van der Waals surface area contributed by atoms with E-state index in [0.29, 0.717) is 0 Å². The van der Waals surface area contributed by atoms with Crippen LogP contribution in [0.1, 0.15) is 94.5 Å². The van der Waals surface area contributed by atoms with Gasteiger partial charge in [0.1, 0.15) is 11.2 Å². The normalized spacial score (nSPS) is 14.3. The van der Waals surface area contributed by atoms with Crippen LogP contribution >= 0.6 is 0 Å². The van der Waals surface area contributed by atoms with Gasteiger partial charge in [-0.25, -0.2) is 0 Å². The summed E-state index contributed by atoms with van der Waals surface area (Å²) in [6.45, 7) is 9.43. The average molecular weight is 1370 g/mol. The Morgan fingerprint density at radius 1 is 0.224 bits per heavy atom. The number of hydrogen-bond donors (Lipinski definition) is 0. The molecule has 107 heavy (non-hydrogen) atoms. The largest absolute Gasteiger partial charge is 0.456 e. The maximum Gasteiger partial charge on any atom is 0.137 e. The van der Waals surface area contributed by atoms with Crippen molar-refractivity contribution in [2.24, 2.45) is 0 Å². The van der Waals surface area contributed by atoms with Crippen LogP contribution in [0.2, 0.25) is 0 Å². The minimum absolute atomic E-state index is 0.110. The van der Waals surface area contributed by atoms with E-state index < -0.39 is 10.8 Å². The monoisotopic (exact) mass is 1370 g/mol. The maximum atomic E-state index is 6.49. The molecular weight excluding hydrogens is 1290 g/mol. The fraction of sp³-hybridized carbons (Fsp3) is 0.0769. The lowest BCUT2D eigenvalue weighted by atomic mass is 9.67. The van der Waals surface area contributed by atoms with Crippen LogP contribution in [0.3, 0.4) is 0 Å². The van der Waals surface area contributed by atoms with Crippen molar-refractivity contribution in [2.45, 2.75) is 49.4 Å². The highest BCUT2D eigenvalue weighted by molar-refractivity contribution is 6.13. The van der Waals surface area contributed by atoms with E-state index >= 15 is 0 Å². The van der Waals surface area contributed by atoms with Crippen LogP contribution in [0.15, 0.2) is 393 Å². The van der Waals surface area contributed by atoms with E-state index in [1.54, 1.807) is 0 Å². The number of nitrogens with zero attached hydrogens (tertiary/aromatic N) is 2. The molecule has 1 heterocycles. The summed E-state index contributed by atoms with van der Waals surface area (Å²) in [5.41, 5.74) is 35.8. The van der Waals surface area contributed by atoms with Gasteiger partial charge in [-0.05, 0) is 190 Å². The Balaban J connectivity index is 0.000000141. The SMILES string of the molecule is CC1(C)c2ccccc2-c2c(N(c3ccc(-c4ccccc4)cc3)c3cccc(C4(c5ccccc5)c5ccccc5-c5ccccc54)c3)cccc21.CC1(C)c2ccccc2-c2ccc(N(c3cccc(C4(c5ccccc5)c5ccccc5-c5ccccc54)c3)c3cccc4oc5ccccc5c34)cc21. The Hall–Kier alpha value is -13.1. The van der Waals surface area contributed by atoms with Gasteiger partial charge in [0.25, 0.3) is 0 Å². The maximum absolute atomic E-state index is 6.49. The molecule has 0 saturated carbocycles. The number of furan rings is 1. The first kappa shape index (κ1) is 63.6. The lowest BCUT2D eigenvalue weighted by molar-refractivity contribution is 0.660. The van der Waals surface area contributed by atoms with Crippen molar-refractivity contribution in [1.29, 1.82) is 0 Å². The van der Waals surface area contributed by atoms with Crippen molar-refractivity contribution in [3.8, 4) is 55.6 Å². The fourth-order valence-electron chi connectivity index (χ4n) is 19.2. The highest BCUT2D eigenvalue weighted by atomic mass is 16.3. The molecule has 17 aromatic rings. The van der Waals surface area contributed by atoms with E-state index in [-0.39, 0.29) is 10.8 Å². The highest BCUT2D eigenvalue weighted by Gasteiger charge is 2.48. The Morgan fingerprint density at radius 3 is 1.13 bits per heavy atom. The molecule has 0 atom stereocenters. The standard InChI is InChI=1S/C52H37NO.C52H39N/c1-51(2)43-24-10-6-20-38(43)41-31-30-37(33-46(41)51)53(47-27-15-29-49-50(47)42-23-9-13-28-48(42)54-49)36-19-14-18-35(32-36)52(34-16-4-3-5-17-34)44-25-11-7-21-39(44)40-22-8-12-26-45(40)52;1-51(2)45-26-12-11-25-44(45)50-48(51)29-16-30-49(50)53(40-33-31-37(32-34-40)36-17-5-3-6-18-36)41-22-15-21-39(35-41)52(38-19-7-4-8-20-38)46-27-13-9-23-42(46)43-24-10-14-28-47(43)52/h3-33H,1-2H3;3-35H,1-2H3.